The van der Waals surface area contributed by atoms with E-state index in [0.717, 1.165) is 0 Å². The maximum absolute atomic E-state index is 13.8. The molecule has 0 saturated carbocycles. The summed E-state index contributed by atoms with van der Waals surface area (Å²) in [6.07, 6.45) is 0.373. The van der Waals surface area contributed by atoms with Gasteiger partial charge in [0.05, 0.1) is 16.7 Å². The number of amides is 1. The molecule has 0 radical (unpaired) electrons. The summed E-state index contributed by atoms with van der Waals surface area (Å²) in [5, 5.41) is 9.79. The fraction of sp³-hybridized carbons (Fsp3) is 0.533. The number of carbonyl (C=O) groups is 1. The molecule has 1 aromatic carbocycles. The van der Waals surface area contributed by atoms with Crippen LogP contribution in [-0.4, -0.2) is 59.6 Å². The maximum atomic E-state index is 13.8. The first-order valence-electron chi connectivity index (χ1n) is 7.16. The molecule has 21 heavy (non-hydrogen) atoms. The van der Waals surface area contributed by atoms with Gasteiger partial charge in [-0.1, -0.05) is 24.6 Å². The Morgan fingerprint density at radius 3 is 2.62 bits per heavy atom. The summed E-state index contributed by atoms with van der Waals surface area (Å²) < 4.78 is 13.8. The highest BCUT2D eigenvalue weighted by Crippen LogP contribution is 2.21. The Morgan fingerprint density at radius 2 is 2.05 bits per heavy atom. The molecule has 1 aliphatic rings. The Labute approximate surface area is 129 Å². The van der Waals surface area contributed by atoms with Gasteiger partial charge in [-0.3, -0.25) is 9.69 Å². The van der Waals surface area contributed by atoms with Crippen molar-refractivity contribution in [3.8, 4) is 0 Å². The second-order valence-corrected chi connectivity index (χ2v) is 5.66. The van der Waals surface area contributed by atoms with Crippen LogP contribution < -0.4 is 0 Å². The molecular formula is C15H20ClFN2O2. The Kier molecular flexibility index (Phi) is 5.56. The predicted molar refractivity (Wildman–Crippen MR) is 80.1 cm³/mol. The average molecular weight is 315 g/mol. The van der Waals surface area contributed by atoms with E-state index >= 15 is 0 Å². The van der Waals surface area contributed by atoms with Crippen LogP contribution in [0.1, 0.15) is 23.7 Å². The van der Waals surface area contributed by atoms with Crippen molar-refractivity contribution in [1.82, 2.24) is 9.80 Å². The highest BCUT2D eigenvalue weighted by molar-refractivity contribution is 6.33. The third-order valence-corrected chi connectivity index (χ3v) is 4.09. The van der Waals surface area contributed by atoms with Gasteiger partial charge in [0, 0.05) is 32.7 Å². The van der Waals surface area contributed by atoms with Crippen LogP contribution in [0.2, 0.25) is 5.02 Å². The number of hydrogen-bond acceptors (Lipinski definition) is 3. The highest BCUT2D eigenvalue weighted by atomic mass is 35.5. The molecule has 0 aromatic heterocycles. The number of rotatable bonds is 4. The fourth-order valence-corrected chi connectivity index (χ4v) is 2.66. The first-order valence-corrected chi connectivity index (χ1v) is 7.54. The summed E-state index contributed by atoms with van der Waals surface area (Å²) in [5.41, 5.74) is -0.0544. The van der Waals surface area contributed by atoms with Crippen LogP contribution in [0.25, 0.3) is 0 Å². The van der Waals surface area contributed by atoms with Crippen molar-refractivity contribution >= 4 is 17.5 Å². The molecule has 0 aliphatic carbocycles. The van der Waals surface area contributed by atoms with Crippen molar-refractivity contribution in [1.29, 1.82) is 0 Å². The largest absolute Gasteiger partial charge is 0.392 e. The maximum Gasteiger partial charge on any atom is 0.258 e. The van der Waals surface area contributed by atoms with E-state index in [-0.39, 0.29) is 22.6 Å². The molecule has 1 atom stereocenters. The van der Waals surface area contributed by atoms with Crippen molar-refractivity contribution in [3.63, 3.8) is 0 Å². The van der Waals surface area contributed by atoms with Gasteiger partial charge in [0.1, 0.15) is 5.82 Å². The van der Waals surface area contributed by atoms with Crippen LogP contribution in [0.5, 0.6) is 0 Å². The first-order chi connectivity index (χ1) is 10.0. The number of hydrogen-bond donors (Lipinski definition) is 1. The number of piperazine rings is 1. The monoisotopic (exact) mass is 314 g/mol. The van der Waals surface area contributed by atoms with Crippen molar-refractivity contribution in [3.05, 3.63) is 34.6 Å². The number of aliphatic hydroxyl groups excluding tert-OH is 1. The van der Waals surface area contributed by atoms with Gasteiger partial charge in [0.2, 0.25) is 0 Å². The minimum Gasteiger partial charge on any atom is -0.392 e. The summed E-state index contributed by atoms with van der Waals surface area (Å²) >= 11 is 5.93. The third-order valence-electron chi connectivity index (χ3n) is 3.78. The van der Waals surface area contributed by atoms with E-state index in [1.54, 1.807) is 4.90 Å². The number of β-amino-alcohol motifs (C(OH)–C–C–N with tert-alkyl or cyclic N) is 1. The fourth-order valence-electron chi connectivity index (χ4n) is 2.42. The molecule has 1 aliphatic heterocycles. The molecule has 1 N–H and O–H groups in total. The van der Waals surface area contributed by atoms with E-state index in [0.29, 0.717) is 39.1 Å². The predicted octanol–water partition coefficient (Wildman–Crippen LogP) is 2.01. The molecule has 1 unspecified atom stereocenters. The molecule has 1 amide bonds. The van der Waals surface area contributed by atoms with Crippen molar-refractivity contribution in [2.75, 3.05) is 32.7 Å². The lowest BCUT2D eigenvalue weighted by Gasteiger charge is -2.35. The Morgan fingerprint density at radius 1 is 1.38 bits per heavy atom. The smallest absolute Gasteiger partial charge is 0.258 e. The van der Waals surface area contributed by atoms with Gasteiger partial charge < -0.3 is 10.0 Å². The quantitative estimate of drug-likeness (QED) is 0.924. The van der Waals surface area contributed by atoms with Crippen LogP contribution >= 0.6 is 11.6 Å². The standard InChI is InChI=1S/C15H20ClFN2O2/c1-2-11(20)10-18-6-8-19(9-7-18)15(21)14-12(16)4-3-5-13(14)17/h3-5,11,20H,2,6-10H2,1H3. The topological polar surface area (TPSA) is 43.8 Å². The highest BCUT2D eigenvalue weighted by Gasteiger charge is 2.26. The molecule has 2 rings (SSSR count). The first kappa shape index (κ1) is 16.2. The molecule has 116 valence electrons. The Balaban J connectivity index is 1.97. The molecule has 6 heteroatoms. The van der Waals surface area contributed by atoms with E-state index in [1.165, 1.54) is 18.2 Å². The lowest BCUT2D eigenvalue weighted by Crippen LogP contribution is -2.50. The lowest BCUT2D eigenvalue weighted by molar-refractivity contribution is 0.0520. The molecule has 1 aromatic rings. The normalized spacial score (nSPS) is 17.8. The van der Waals surface area contributed by atoms with Crippen LogP contribution in [-0.2, 0) is 0 Å². The van der Waals surface area contributed by atoms with Crippen LogP contribution in [0.15, 0.2) is 18.2 Å². The second kappa shape index (κ2) is 7.20. The molecule has 0 spiro atoms. The summed E-state index contributed by atoms with van der Waals surface area (Å²) in [5.74, 6) is -0.954. The average Bonchev–Trinajstić information content (AvgIpc) is 2.47. The van der Waals surface area contributed by atoms with Crippen LogP contribution in [0.4, 0.5) is 4.39 Å². The zero-order valence-electron chi connectivity index (χ0n) is 12.1. The van der Waals surface area contributed by atoms with Crippen molar-refractivity contribution in [2.24, 2.45) is 0 Å². The van der Waals surface area contributed by atoms with Crippen LogP contribution in [0.3, 0.4) is 0 Å². The third kappa shape index (κ3) is 3.93. The van der Waals surface area contributed by atoms with Crippen molar-refractivity contribution in [2.45, 2.75) is 19.4 Å². The van der Waals surface area contributed by atoms with Gasteiger partial charge in [-0.25, -0.2) is 4.39 Å². The molecule has 1 heterocycles. The zero-order chi connectivity index (χ0) is 15.4. The number of aliphatic hydroxyl groups is 1. The van der Waals surface area contributed by atoms with E-state index in [9.17, 15) is 14.3 Å². The second-order valence-electron chi connectivity index (χ2n) is 5.25. The minimum absolute atomic E-state index is 0.0544. The zero-order valence-corrected chi connectivity index (χ0v) is 12.8. The summed E-state index contributed by atoms with van der Waals surface area (Å²) in [6.45, 7) is 4.92. The van der Waals surface area contributed by atoms with Gasteiger partial charge in [0.25, 0.3) is 5.91 Å². The minimum atomic E-state index is -0.587. The van der Waals surface area contributed by atoms with Gasteiger partial charge in [0.15, 0.2) is 0 Å². The van der Waals surface area contributed by atoms with Gasteiger partial charge in [-0.2, -0.15) is 0 Å². The SMILES string of the molecule is CCC(O)CN1CCN(C(=O)c2c(F)cccc2Cl)CC1. The molecule has 1 saturated heterocycles. The van der Waals surface area contributed by atoms with Crippen molar-refractivity contribution < 1.29 is 14.3 Å². The van der Waals surface area contributed by atoms with E-state index in [1.807, 2.05) is 6.92 Å². The Bertz CT molecular complexity index is 484. The number of carbonyl (C=O) groups excluding carboxylic acids is 1. The number of halogens is 2. The van der Waals surface area contributed by atoms with E-state index in [2.05, 4.69) is 4.90 Å². The van der Waals surface area contributed by atoms with E-state index < -0.39 is 5.82 Å². The van der Waals surface area contributed by atoms with Gasteiger partial charge >= 0.3 is 0 Å². The lowest BCUT2D eigenvalue weighted by atomic mass is 10.1. The van der Waals surface area contributed by atoms with Gasteiger partial charge in [-0.05, 0) is 18.6 Å². The summed E-state index contributed by atoms with van der Waals surface area (Å²) in [7, 11) is 0. The molecule has 1 fully saturated rings. The summed E-state index contributed by atoms with van der Waals surface area (Å²) in [6, 6.07) is 4.25. The van der Waals surface area contributed by atoms with Crippen LogP contribution in [0, 0.1) is 5.82 Å². The molecule has 0 bridgehead atoms. The molecular weight excluding hydrogens is 295 g/mol. The van der Waals surface area contributed by atoms with Gasteiger partial charge in [-0.15, -0.1) is 0 Å². The van der Waals surface area contributed by atoms with E-state index in [4.69, 9.17) is 11.6 Å². The Hall–Kier alpha value is -1.17. The molecule has 4 nitrogen and oxygen atoms in total. The number of benzene rings is 1. The summed E-state index contributed by atoms with van der Waals surface area (Å²) in [4.78, 5) is 16.1. The number of nitrogens with zero attached hydrogens (tertiary/aromatic N) is 2.